The monoisotopic (exact) mass is 328 g/mol. The van der Waals surface area contributed by atoms with Gasteiger partial charge in [-0.1, -0.05) is 60.7 Å². The Morgan fingerprint density at radius 2 is 1.50 bits per heavy atom. The van der Waals surface area contributed by atoms with Crippen LogP contribution in [0.3, 0.4) is 0 Å². The van der Waals surface area contributed by atoms with E-state index in [-0.39, 0.29) is 6.61 Å². The molecule has 1 heterocycles. The number of carbonyl (C=O) groups is 1. The highest BCUT2D eigenvalue weighted by atomic mass is 16.6. The summed E-state index contributed by atoms with van der Waals surface area (Å²) in [6, 6.07) is 19.3. The van der Waals surface area contributed by atoms with Crippen LogP contribution in [0.4, 0.5) is 0 Å². The van der Waals surface area contributed by atoms with E-state index in [9.17, 15) is 9.90 Å². The summed E-state index contributed by atoms with van der Waals surface area (Å²) in [5.74, 6) is -0.665. The van der Waals surface area contributed by atoms with Crippen molar-refractivity contribution in [2.45, 2.75) is 31.5 Å². The van der Waals surface area contributed by atoms with Crippen molar-refractivity contribution in [3.8, 4) is 0 Å². The van der Waals surface area contributed by atoms with E-state index in [0.29, 0.717) is 13.2 Å². The van der Waals surface area contributed by atoms with Gasteiger partial charge in [0.2, 0.25) is 0 Å². The Kier molecular flexibility index (Phi) is 5.59. The number of cyclic esters (lactones) is 1. The van der Waals surface area contributed by atoms with Gasteiger partial charge >= 0.3 is 5.97 Å². The fourth-order valence-electron chi connectivity index (χ4n) is 2.58. The number of esters is 1. The van der Waals surface area contributed by atoms with Crippen molar-refractivity contribution in [2.24, 2.45) is 0 Å². The molecule has 1 N–H and O–H groups in total. The summed E-state index contributed by atoms with van der Waals surface area (Å²) in [5.41, 5.74) is 2.00. The van der Waals surface area contributed by atoms with E-state index in [1.165, 1.54) is 0 Å². The van der Waals surface area contributed by atoms with E-state index in [0.717, 1.165) is 11.1 Å². The standard InChI is InChI=1S/C19H20O5/c20-17-18(23-12-15-9-5-2-6-10-15)16(24-19(17)21)13-22-11-14-7-3-1-4-8-14/h1-10,16-18,20H,11-13H2/t16-,17-,18+/m1/s1. The summed E-state index contributed by atoms with van der Waals surface area (Å²) in [6.07, 6.45) is -2.62. The molecule has 2 aromatic rings. The van der Waals surface area contributed by atoms with Gasteiger partial charge in [-0.2, -0.15) is 0 Å². The molecule has 0 amide bonds. The van der Waals surface area contributed by atoms with E-state index in [1.54, 1.807) is 0 Å². The molecule has 1 aliphatic rings. The molecule has 0 aromatic heterocycles. The van der Waals surface area contributed by atoms with Gasteiger partial charge in [-0.05, 0) is 11.1 Å². The lowest BCUT2D eigenvalue weighted by molar-refractivity contribution is -0.149. The molecule has 5 nitrogen and oxygen atoms in total. The summed E-state index contributed by atoms with van der Waals surface area (Å²) in [7, 11) is 0. The lowest BCUT2D eigenvalue weighted by Crippen LogP contribution is -2.36. The number of aliphatic hydroxyl groups excluding tert-OH is 1. The van der Waals surface area contributed by atoms with Crippen LogP contribution in [-0.2, 0) is 32.2 Å². The number of carbonyl (C=O) groups excluding carboxylic acids is 1. The van der Waals surface area contributed by atoms with Crippen molar-refractivity contribution in [1.29, 1.82) is 0 Å². The maximum atomic E-state index is 11.6. The molecule has 5 heteroatoms. The lowest BCUT2D eigenvalue weighted by atomic mass is 10.1. The first kappa shape index (κ1) is 16.6. The predicted molar refractivity (Wildman–Crippen MR) is 87.0 cm³/mol. The maximum Gasteiger partial charge on any atom is 0.338 e. The van der Waals surface area contributed by atoms with Crippen LogP contribution in [0, 0.1) is 0 Å². The number of aliphatic hydroxyl groups is 1. The Bertz CT molecular complexity index is 643. The normalized spacial score (nSPS) is 23.2. The van der Waals surface area contributed by atoms with Crippen LogP contribution in [0.1, 0.15) is 11.1 Å². The zero-order valence-corrected chi connectivity index (χ0v) is 13.2. The fraction of sp³-hybridized carbons (Fsp3) is 0.316. The highest BCUT2D eigenvalue weighted by Crippen LogP contribution is 2.21. The molecule has 126 valence electrons. The van der Waals surface area contributed by atoms with Gasteiger partial charge in [-0.25, -0.2) is 4.79 Å². The minimum atomic E-state index is -1.28. The molecule has 1 fully saturated rings. The number of hydrogen-bond donors (Lipinski definition) is 1. The molecule has 0 saturated carbocycles. The Morgan fingerprint density at radius 1 is 0.917 bits per heavy atom. The quantitative estimate of drug-likeness (QED) is 0.788. The average Bonchev–Trinajstić information content (AvgIpc) is 2.89. The molecule has 1 saturated heterocycles. The second-order valence-electron chi connectivity index (χ2n) is 5.68. The van der Waals surface area contributed by atoms with E-state index in [2.05, 4.69) is 0 Å². The largest absolute Gasteiger partial charge is 0.455 e. The Balaban J connectivity index is 1.53. The Morgan fingerprint density at radius 3 is 2.12 bits per heavy atom. The molecule has 0 spiro atoms. The lowest BCUT2D eigenvalue weighted by Gasteiger charge is -2.19. The van der Waals surface area contributed by atoms with Crippen LogP contribution in [-0.4, -0.2) is 36.0 Å². The molecule has 1 aliphatic heterocycles. The molecule has 24 heavy (non-hydrogen) atoms. The molecule has 3 rings (SSSR count). The van der Waals surface area contributed by atoms with E-state index in [4.69, 9.17) is 14.2 Å². The van der Waals surface area contributed by atoms with Crippen LogP contribution in [0.25, 0.3) is 0 Å². The van der Waals surface area contributed by atoms with E-state index >= 15 is 0 Å². The highest BCUT2D eigenvalue weighted by molar-refractivity contribution is 5.77. The van der Waals surface area contributed by atoms with Crippen molar-refractivity contribution in [1.82, 2.24) is 0 Å². The molecule has 0 bridgehead atoms. The molecule has 0 radical (unpaired) electrons. The number of benzene rings is 2. The Labute approximate surface area is 140 Å². The van der Waals surface area contributed by atoms with Crippen LogP contribution < -0.4 is 0 Å². The Hall–Kier alpha value is -2.21. The minimum absolute atomic E-state index is 0.178. The molecular formula is C19H20O5. The molecule has 0 aliphatic carbocycles. The third-order valence-corrected chi connectivity index (χ3v) is 3.87. The first-order valence-corrected chi connectivity index (χ1v) is 7.90. The van der Waals surface area contributed by atoms with Gasteiger partial charge in [0.15, 0.2) is 12.2 Å². The SMILES string of the molecule is O=C1O[C@H](COCc2ccccc2)[C@H](OCc2ccccc2)[C@H]1O. The van der Waals surface area contributed by atoms with Gasteiger partial charge < -0.3 is 19.3 Å². The summed E-state index contributed by atoms with van der Waals surface area (Å²) in [5, 5.41) is 9.97. The number of rotatable bonds is 7. The topological polar surface area (TPSA) is 65.0 Å². The number of ether oxygens (including phenoxy) is 3. The molecule has 2 aromatic carbocycles. The van der Waals surface area contributed by atoms with Crippen LogP contribution in [0.5, 0.6) is 0 Å². The van der Waals surface area contributed by atoms with Gasteiger partial charge in [0, 0.05) is 0 Å². The summed E-state index contributed by atoms with van der Waals surface area (Å²) in [4.78, 5) is 11.6. The van der Waals surface area contributed by atoms with Gasteiger partial charge in [0.25, 0.3) is 0 Å². The summed E-state index contributed by atoms with van der Waals surface area (Å²) >= 11 is 0. The fourth-order valence-corrected chi connectivity index (χ4v) is 2.58. The third-order valence-electron chi connectivity index (χ3n) is 3.87. The van der Waals surface area contributed by atoms with Crippen molar-refractivity contribution in [3.05, 3.63) is 71.8 Å². The first-order chi connectivity index (χ1) is 11.7. The van der Waals surface area contributed by atoms with Crippen molar-refractivity contribution in [2.75, 3.05) is 6.61 Å². The van der Waals surface area contributed by atoms with Gasteiger partial charge in [0.1, 0.15) is 6.10 Å². The first-order valence-electron chi connectivity index (χ1n) is 7.90. The van der Waals surface area contributed by atoms with Crippen LogP contribution in [0.2, 0.25) is 0 Å². The van der Waals surface area contributed by atoms with Gasteiger partial charge in [0.05, 0.1) is 19.8 Å². The molecule has 0 unspecified atom stereocenters. The smallest absolute Gasteiger partial charge is 0.338 e. The maximum absolute atomic E-state index is 11.6. The number of hydrogen-bond acceptors (Lipinski definition) is 5. The predicted octanol–water partition coefficient (Wildman–Crippen LogP) is 2.07. The van der Waals surface area contributed by atoms with Crippen molar-refractivity contribution >= 4 is 5.97 Å². The summed E-state index contributed by atoms with van der Waals surface area (Å²) < 4.78 is 16.5. The zero-order chi connectivity index (χ0) is 16.8. The third kappa shape index (κ3) is 4.20. The minimum Gasteiger partial charge on any atom is -0.455 e. The van der Waals surface area contributed by atoms with Crippen LogP contribution in [0.15, 0.2) is 60.7 Å². The van der Waals surface area contributed by atoms with Gasteiger partial charge in [-0.15, -0.1) is 0 Å². The molecule has 3 atom stereocenters. The van der Waals surface area contributed by atoms with E-state index < -0.39 is 24.3 Å². The van der Waals surface area contributed by atoms with Crippen molar-refractivity contribution in [3.63, 3.8) is 0 Å². The van der Waals surface area contributed by atoms with E-state index in [1.807, 2.05) is 60.7 Å². The van der Waals surface area contributed by atoms with Gasteiger partial charge in [-0.3, -0.25) is 0 Å². The zero-order valence-electron chi connectivity index (χ0n) is 13.2. The summed E-state index contributed by atoms with van der Waals surface area (Å²) in [6.45, 7) is 0.891. The average molecular weight is 328 g/mol. The highest BCUT2D eigenvalue weighted by Gasteiger charge is 2.44. The van der Waals surface area contributed by atoms with Crippen molar-refractivity contribution < 1.29 is 24.1 Å². The van der Waals surface area contributed by atoms with Crippen LogP contribution >= 0.6 is 0 Å². The molecular weight excluding hydrogens is 308 g/mol. The second-order valence-corrected chi connectivity index (χ2v) is 5.68. The second kappa shape index (κ2) is 8.06.